The number of rotatable bonds is 1. The van der Waals surface area contributed by atoms with Gasteiger partial charge in [0.05, 0.1) is 0 Å². The molecule has 0 spiro atoms. The molecule has 0 radical (unpaired) electrons. The van der Waals surface area contributed by atoms with E-state index >= 15 is 0 Å². The van der Waals surface area contributed by atoms with Crippen molar-refractivity contribution in [1.82, 2.24) is 0 Å². The summed E-state index contributed by atoms with van der Waals surface area (Å²) < 4.78 is 25.5. The van der Waals surface area contributed by atoms with Crippen molar-refractivity contribution in [2.75, 3.05) is 0 Å². The summed E-state index contributed by atoms with van der Waals surface area (Å²) in [6.07, 6.45) is 4.66. The zero-order chi connectivity index (χ0) is 9.26. The fourth-order valence-electron chi connectivity index (χ4n) is 2.03. The number of halogens is 2. The number of benzene rings is 1. The highest BCUT2D eigenvalue weighted by atomic mass is 19.2. The standard InChI is InChI=1S/C11H12F2/c12-10-6-5-9(7-11(10)13)8-3-1-2-4-8/h5-8H,1-4H2. The predicted octanol–water partition coefficient (Wildman–Crippen LogP) is 3.62. The van der Waals surface area contributed by atoms with E-state index in [0.29, 0.717) is 5.92 Å². The van der Waals surface area contributed by atoms with Gasteiger partial charge in [0.25, 0.3) is 0 Å². The lowest BCUT2D eigenvalue weighted by atomic mass is 9.98. The van der Waals surface area contributed by atoms with Crippen LogP contribution in [0.25, 0.3) is 0 Å². The Morgan fingerprint density at radius 3 is 2.31 bits per heavy atom. The maximum atomic E-state index is 12.9. The molecule has 1 aromatic rings. The lowest BCUT2D eigenvalue weighted by Crippen LogP contribution is -1.94. The topological polar surface area (TPSA) is 0 Å². The molecule has 0 bridgehead atoms. The fourth-order valence-corrected chi connectivity index (χ4v) is 2.03. The first kappa shape index (κ1) is 8.67. The molecule has 1 aliphatic rings. The SMILES string of the molecule is Fc1ccc(C2CCCC2)cc1F. The van der Waals surface area contributed by atoms with Crippen molar-refractivity contribution >= 4 is 0 Å². The summed E-state index contributed by atoms with van der Waals surface area (Å²) in [5.41, 5.74) is 0.955. The Bertz CT molecular complexity index is 301. The Morgan fingerprint density at radius 1 is 1.00 bits per heavy atom. The first-order valence-electron chi connectivity index (χ1n) is 4.72. The van der Waals surface area contributed by atoms with E-state index in [9.17, 15) is 8.78 Å². The molecule has 1 aromatic carbocycles. The zero-order valence-corrected chi connectivity index (χ0v) is 7.39. The summed E-state index contributed by atoms with van der Waals surface area (Å²) in [4.78, 5) is 0. The van der Waals surface area contributed by atoms with Crippen LogP contribution in [0.15, 0.2) is 18.2 Å². The molecule has 2 rings (SSSR count). The van der Waals surface area contributed by atoms with Crippen LogP contribution in [0.1, 0.15) is 37.2 Å². The zero-order valence-electron chi connectivity index (χ0n) is 7.39. The Labute approximate surface area is 76.6 Å². The third-order valence-corrected chi connectivity index (χ3v) is 2.77. The van der Waals surface area contributed by atoms with Crippen LogP contribution < -0.4 is 0 Å². The molecule has 0 heterocycles. The van der Waals surface area contributed by atoms with Crippen molar-refractivity contribution in [2.45, 2.75) is 31.6 Å². The molecule has 1 saturated carbocycles. The monoisotopic (exact) mass is 182 g/mol. The van der Waals surface area contributed by atoms with Gasteiger partial charge in [-0.15, -0.1) is 0 Å². The summed E-state index contributed by atoms with van der Waals surface area (Å²) in [5, 5.41) is 0. The summed E-state index contributed by atoms with van der Waals surface area (Å²) in [7, 11) is 0. The number of hydrogen-bond donors (Lipinski definition) is 0. The van der Waals surface area contributed by atoms with Gasteiger partial charge in [0.15, 0.2) is 11.6 Å². The van der Waals surface area contributed by atoms with Crippen LogP contribution in [0.2, 0.25) is 0 Å². The highest BCUT2D eigenvalue weighted by Crippen LogP contribution is 2.34. The first-order valence-corrected chi connectivity index (χ1v) is 4.72. The third-order valence-electron chi connectivity index (χ3n) is 2.77. The number of hydrogen-bond acceptors (Lipinski definition) is 0. The molecule has 0 amide bonds. The van der Waals surface area contributed by atoms with E-state index < -0.39 is 11.6 Å². The van der Waals surface area contributed by atoms with E-state index in [0.717, 1.165) is 18.4 Å². The van der Waals surface area contributed by atoms with Crippen LogP contribution in [0.5, 0.6) is 0 Å². The van der Waals surface area contributed by atoms with Crippen molar-refractivity contribution in [3.8, 4) is 0 Å². The second-order valence-corrected chi connectivity index (χ2v) is 3.65. The van der Waals surface area contributed by atoms with Gasteiger partial charge < -0.3 is 0 Å². The normalized spacial score (nSPS) is 18.0. The van der Waals surface area contributed by atoms with Gasteiger partial charge in [-0.25, -0.2) is 8.78 Å². The van der Waals surface area contributed by atoms with Crippen molar-refractivity contribution < 1.29 is 8.78 Å². The van der Waals surface area contributed by atoms with E-state index in [1.54, 1.807) is 6.07 Å². The Balaban J connectivity index is 2.25. The van der Waals surface area contributed by atoms with Gasteiger partial charge in [-0.1, -0.05) is 18.9 Å². The van der Waals surface area contributed by atoms with Gasteiger partial charge in [-0.2, -0.15) is 0 Å². The predicted molar refractivity (Wildman–Crippen MR) is 47.6 cm³/mol. The molecule has 0 saturated heterocycles. The van der Waals surface area contributed by atoms with Crippen LogP contribution in [-0.2, 0) is 0 Å². The molecular formula is C11H12F2. The molecule has 0 aromatic heterocycles. The molecule has 0 N–H and O–H groups in total. The van der Waals surface area contributed by atoms with Crippen molar-refractivity contribution in [1.29, 1.82) is 0 Å². The highest BCUT2D eigenvalue weighted by Gasteiger charge is 2.17. The highest BCUT2D eigenvalue weighted by molar-refractivity contribution is 5.22. The Kier molecular flexibility index (Phi) is 2.30. The van der Waals surface area contributed by atoms with Crippen molar-refractivity contribution in [3.63, 3.8) is 0 Å². The van der Waals surface area contributed by atoms with Gasteiger partial charge in [0.2, 0.25) is 0 Å². The average molecular weight is 182 g/mol. The molecule has 1 fully saturated rings. The van der Waals surface area contributed by atoms with E-state index in [1.165, 1.54) is 25.0 Å². The summed E-state index contributed by atoms with van der Waals surface area (Å²) in [6, 6.07) is 4.27. The maximum Gasteiger partial charge on any atom is 0.159 e. The van der Waals surface area contributed by atoms with Crippen molar-refractivity contribution in [2.24, 2.45) is 0 Å². The molecular weight excluding hydrogens is 170 g/mol. The minimum Gasteiger partial charge on any atom is -0.204 e. The molecule has 1 aliphatic carbocycles. The summed E-state index contributed by atoms with van der Waals surface area (Å²) in [5.74, 6) is -1.01. The van der Waals surface area contributed by atoms with Gasteiger partial charge in [0.1, 0.15) is 0 Å². The van der Waals surface area contributed by atoms with Gasteiger partial charge in [0, 0.05) is 0 Å². The van der Waals surface area contributed by atoms with Gasteiger partial charge in [-0.3, -0.25) is 0 Å². The Morgan fingerprint density at radius 2 is 1.69 bits per heavy atom. The molecule has 0 atom stereocenters. The minimum absolute atomic E-state index is 0.454. The van der Waals surface area contributed by atoms with Crippen LogP contribution in [0, 0.1) is 11.6 Å². The lowest BCUT2D eigenvalue weighted by Gasteiger charge is -2.08. The molecule has 0 aliphatic heterocycles. The quantitative estimate of drug-likeness (QED) is 0.622. The average Bonchev–Trinajstić information content (AvgIpc) is 2.62. The second kappa shape index (κ2) is 3.44. The van der Waals surface area contributed by atoms with Crippen LogP contribution in [-0.4, -0.2) is 0 Å². The molecule has 2 heteroatoms. The third kappa shape index (κ3) is 1.71. The summed E-state index contributed by atoms with van der Waals surface area (Å²) in [6.45, 7) is 0. The molecule has 0 unspecified atom stereocenters. The van der Waals surface area contributed by atoms with Gasteiger partial charge >= 0.3 is 0 Å². The van der Waals surface area contributed by atoms with Crippen LogP contribution >= 0.6 is 0 Å². The van der Waals surface area contributed by atoms with Crippen LogP contribution in [0.4, 0.5) is 8.78 Å². The Hall–Kier alpha value is -0.920. The summed E-state index contributed by atoms with van der Waals surface area (Å²) >= 11 is 0. The maximum absolute atomic E-state index is 12.9. The largest absolute Gasteiger partial charge is 0.204 e. The van der Waals surface area contributed by atoms with E-state index in [-0.39, 0.29) is 0 Å². The molecule has 13 heavy (non-hydrogen) atoms. The second-order valence-electron chi connectivity index (χ2n) is 3.65. The molecule has 0 nitrogen and oxygen atoms in total. The van der Waals surface area contributed by atoms with E-state index in [2.05, 4.69) is 0 Å². The molecule has 70 valence electrons. The van der Waals surface area contributed by atoms with E-state index in [4.69, 9.17) is 0 Å². The first-order chi connectivity index (χ1) is 6.27. The van der Waals surface area contributed by atoms with Gasteiger partial charge in [-0.05, 0) is 36.5 Å². The van der Waals surface area contributed by atoms with E-state index in [1.807, 2.05) is 0 Å². The van der Waals surface area contributed by atoms with Crippen molar-refractivity contribution in [3.05, 3.63) is 35.4 Å². The smallest absolute Gasteiger partial charge is 0.159 e. The lowest BCUT2D eigenvalue weighted by molar-refractivity contribution is 0.505. The minimum atomic E-state index is -0.748. The van der Waals surface area contributed by atoms with Crippen LogP contribution in [0.3, 0.4) is 0 Å². The fraction of sp³-hybridized carbons (Fsp3) is 0.455.